The summed E-state index contributed by atoms with van der Waals surface area (Å²) in [7, 11) is 0. The molecule has 0 bridgehead atoms. The Labute approximate surface area is 103 Å². The average Bonchev–Trinajstić information content (AvgIpc) is 2.63. The smallest absolute Gasteiger partial charge is 0.372 e. The Morgan fingerprint density at radius 1 is 1.33 bits per heavy atom. The number of ether oxygens (including phenoxy) is 1. The summed E-state index contributed by atoms with van der Waals surface area (Å²) in [6, 6.07) is 4.03. The number of nitrogens with one attached hydrogen (secondary N) is 1. The predicted molar refractivity (Wildman–Crippen MR) is 60.2 cm³/mol. The summed E-state index contributed by atoms with van der Waals surface area (Å²) in [5.41, 5.74) is 1.12. The zero-order valence-electron chi connectivity index (χ0n) is 9.92. The first-order valence-electron chi connectivity index (χ1n) is 6.04. The highest BCUT2D eigenvalue weighted by Gasteiger charge is 2.39. The van der Waals surface area contributed by atoms with Crippen LogP contribution in [-0.4, -0.2) is 18.8 Å². The van der Waals surface area contributed by atoms with Crippen LogP contribution in [0.5, 0.6) is 0 Å². The lowest BCUT2D eigenvalue weighted by atomic mass is 10.0. The van der Waals surface area contributed by atoms with Crippen molar-refractivity contribution in [1.82, 2.24) is 5.32 Å². The molecule has 1 fully saturated rings. The molecule has 2 aliphatic rings. The largest absolute Gasteiger partial charge is 0.416 e. The molecule has 0 saturated carbocycles. The summed E-state index contributed by atoms with van der Waals surface area (Å²) in [4.78, 5) is 0. The Hall–Kier alpha value is -1.07. The molecule has 0 radical (unpaired) electrons. The Morgan fingerprint density at radius 3 is 2.83 bits per heavy atom. The lowest BCUT2D eigenvalue weighted by Gasteiger charge is -2.32. The summed E-state index contributed by atoms with van der Waals surface area (Å²) in [5.74, 6) is 0. The Bertz CT molecular complexity index is 472. The topological polar surface area (TPSA) is 21.3 Å². The van der Waals surface area contributed by atoms with E-state index in [2.05, 4.69) is 5.32 Å². The number of morpholine rings is 1. The normalized spacial score (nSPS) is 31.0. The van der Waals surface area contributed by atoms with Crippen LogP contribution in [0.2, 0.25) is 0 Å². The van der Waals surface area contributed by atoms with Crippen molar-refractivity contribution < 1.29 is 17.9 Å². The van der Waals surface area contributed by atoms with Gasteiger partial charge in [-0.25, -0.2) is 0 Å². The lowest BCUT2D eigenvalue weighted by molar-refractivity contribution is -0.137. The second-order valence-corrected chi connectivity index (χ2v) is 4.99. The fourth-order valence-electron chi connectivity index (χ4n) is 2.80. The highest BCUT2D eigenvalue weighted by atomic mass is 19.4. The molecule has 98 valence electrons. The molecule has 3 rings (SSSR count). The van der Waals surface area contributed by atoms with Gasteiger partial charge in [0.15, 0.2) is 0 Å². The van der Waals surface area contributed by atoms with Crippen LogP contribution in [-0.2, 0) is 17.3 Å². The Kier molecular flexibility index (Phi) is 2.64. The fourth-order valence-corrected chi connectivity index (χ4v) is 2.80. The van der Waals surface area contributed by atoms with Crippen molar-refractivity contribution in [2.45, 2.75) is 37.8 Å². The Morgan fingerprint density at radius 2 is 2.11 bits per heavy atom. The summed E-state index contributed by atoms with van der Waals surface area (Å²) in [6.45, 7) is 2.70. The fraction of sp³-hybridized carbons (Fsp3) is 0.538. The van der Waals surface area contributed by atoms with Crippen molar-refractivity contribution in [3.63, 3.8) is 0 Å². The summed E-state index contributed by atoms with van der Waals surface area (Å²) in [5, 5.41) is 3.34. The minimum atomic E-state index is -4.27. The first kappa shape index (κ1) is 12.0. The van der Waals surface area contributed by atoms with E-state index in [0.29, 0.717) is 6.42 Å². The van der Waals surface area contributed by atoms with E-state index in [4.69, 9.17) is 4.74 Å². The maximum Gasteiger partial charge on any atom is 0.416 e. The molecule has 1 N–H and O–H groups in total. The molecule has 0 aromatic heterocycles. The van der Waals surface area contributed by atoms with E-state index in [0.717, 1.165) is 23.7 Å². The van der Waals surface area contributed by atoms with Crippen LogP contribution in [0.4, 0.5) is 13.2 Å². The van der Waals surface area contributed by atoms with Gasteiger partial charge < -0.3 is 10.1 Å². The van der Waals surface area contributed by atoms with Crippen LogP contribution >= 0.6 is 0 Å². The summed E-state index contributed by atoms with van der Waals surface area (Å²) in [6.07, 6.45) is -3.64. The van der Waals surface area contributed by atoms with Crippen LogP contribution < -0.4 is 5.32 Å². The van der Waals surface area contributed by atoms with E-state index in [-0.39, 0.29) is 18.2 Å². The number of alkyl halides is 3. The quantitative estimate of drug-likeness (QED) is 0.771. The molecule has 1 aromatic carbocycles. The van der Waals surface area contributed by atoms with E-state index in [1.165, 1.54) is 6.07 Å². The van der Waals surface area contributed by atoms with Crippen molar-refractivity contribution >= 4 is 0 Å². The second kappa shape index (κ2) is 3.96. The highest BCUT2D eigenvalue weighted by Crippen LogP contribution is 2.39. The molecular weight excluding hydrogens is 243 g/mol. The highest BCUT2D eigenvalue weighted by molar-refractivity contribution is 5.41. The molecule has 1 heterocycles. The van der Waals surface area contributed by atoms with Crippen molar-refractivity contribution in [3.05, 3.63) is 34.9 Å². The van der Waals surface area contributed by atoms with E-state index in [1.807, 2.05) is 6.92 Å². The van der Waals surface area contributed by atoms with Gasteiger partial charge in [-0.1, -0.05) is 6.07 Å². The second-order valence-electron chi connectivity index (χ2n) is 4.99. The van der Waals surface area contributed by atoms with Crippen molar-refractivity contribution in [2.24, 2.45) is 0 Å². The molecule has 1 aliphatic heterocycles. The van der Waals surface area contributed by atoms with Crippen LogP contribution in [0.3, 0.4) is 0 Å². The summed E-state index contributed by atoms with van der Waals surface area (Å²) < 4.78 is 43.7. The van der Waals surface area contributed by atoms with Crippen LogP contribution in [0.1, 0.15) is 29.7 Å². The average molecular weight is 257 g/mol. The van der Waals surface area contributed by atoms with E-state index < -0.39 is 11.7 Å². The van der Waals surface area contributed by atoms with E-state index >= 15 is 0 Å². The Balaban J connectivity index is 1.93. The number of hydrogen-bond acceptors (Lipinski definition) is 2. The van der Waals surface area contributed by atoms with Crippen molar-refractivity contribution in [2.75, 3.05) is 6.54 Å². The monoisotopic (exact) mass is 257 g/mol. The maximum atomic E-state index is 12.6. The van der Waals surface area contributed by atoms with Gasteiger partial charge in [-0.15, -0.1) is 0 Å². The van der Waals surface area contributed by atoms with E-state index in [9.17, 15) is 13.2 Å². The molecule has 1 saturated heterocycles. The number of halogens is 3. The van der Waals surface area contributed by atoms with Crippen molar-refractivity contribution in [3.8, 4) is 0 Å². The molecule has 2 unspecified atom stereocenters. The van der Waals surface area contributed by atoms with Crippen LogP contribution in [0.25, 0.3) is 0 Å². The van der Waals surface area contributed by atoms with Crippen LogP contribution in [0, 0.1) is 0 Å². The molecule has 1 aliphatic carbocycles. The molecule has 5 heteroatoms. The number of hydrogen-bond donors (Lipinski definition) is 1. The molecule has 1 aromatic rings. The third-order valence-corrected chi connectivity index (χ3v) is 3.63. The number of rotatable bonds is 0. The third-order valence-electron chi connectivity index (χ3n) is 3.63. The predicted octanol–water partition coefficient (Wildman–Crippen LogP) is 2.68. The van der Waals surface area contributed by atoms with E-state index in [1.54, 1.807) is 6.07 Å². The minimum absolute atomic E-state index is 0.0350. The van der Waals surface area contributed by atoms with Gasteiger partial charge in [0.1, 0.15) is 0 Å². The molecule has 2 nitrogen and oxygen atoms in total. The van der Waals surface area contributed by atoms with Gasteiger partial charge in [0.25, 0.3) is 0 Å². The zero-order chi connectivity index (χ0) is 12.9. The standard InChI is InChI=1S/C13H14F3NO/c1-7-6-17-12-10-3-2-9(13(14,15)16)4-8(10)5-11(12)18-7/h2-4,7,11-12,17H,5-6H2,1H3/t7-,11?,12?/m1/s1. The van der Waals surface area contributed by atoms with Gasteiger partial charge in [0, 0.05) is 13.0 Å². The SMILES string of the molecule is C[C@@H]1CNC2c3ccc(C(F)(F)F)cc3CC2O1. The summed E-state index contributed by atoms with van der Waals surface area (Å²) >= 11 is 0. The van der Waals surface area contributed by atoms with Gasteiger partial charge >= 0.3 is 6.18 Å². The molecule has 0 amide bonds. The number of benzene rings is 1. The minimum Gasteiger partial charge on any atom is -0.372 e. The van der Waals surface area contributed by atoms with Gasteiger partial charge in [-0.2, -0.15) is 13.2 Å². The molecule has 18 heavy (non-hydrogen) atoms. The van der Waals surface area contributed by atoms with Gasteiger partial charge in [-0.05, 0) is 30.2 Å². The molecule has 0 spiro atoms. The van der Waals surface area contributed by atoms with Gasteiger partial charge in [0.05, 0.1) is 23.8 Å². The third kappa shape index (κ3) is 1.91. The first-order chi connectivity index (χ1) is 8.45. The maximum absolute atomic E-state index is 12.6. The number of fused-ring (bicyclic) bond motifs is 3. The van der Waals surface area contributed by atoms with Gasteiger partial charge in [-0.3, -0.25) is 0 Å². The molecular formula is C13H14F3NO. The van der Waals surface area contributed by atoms with Gasteiger partial charge in [0.2, 0.25) is 0 Å². The van der Waals surface area contributed by atoms with Crippen LogP contribution in [0.15, 0.2) is 18.2 Å². The molecule has 3 atom stereocenters. The zero-order valence-corrected chi connectivity index (χ0v) is 9.92. The van der Waals surface area contributed by atoms with Crippen molar-refractivity contribution in [1.29, 1.82) is 0 Å². The lowest BCUT2D eigenvalue weighted by Crippen LogP contribution is -2.44. The first-order valence-corrected chi connectivity index (χ1v) is 6.04.